The fourth-order valence-electron chi connectivity index (χ4n) is 2.98. The molecule has 0 spiro atoms. The lowest BCUT2D eigenvalue weighted by Gasteiger charge is -2.29. The average Bonchev–Trinajstić information content (AvgIpc) is 2.60. The number of aliphatic hydroxyl groups is 1. The Labute approximate surface area is 168 Å². The molecular formula is C18H24BrN5O2S. The van der Waals surface area contributed by atoms with Crippen LogP contribution in [0.25, 0.3) is 0 Å². The number of hydrogen-bond donors (Lipinski definition) is 4. The van der Waals surface area contributed by atoms with E-state index in [0.717, 1.165) is 41.5 Å². The van der Waals surface area contributed by atoms with Gasteiger partial charge in [-0.05, 0) is 58.9 Å². The van der Waals surface area contributed by atoms with E-state index < -0.39 is 9.71 Å². The van der Waals surface area contributed by atoms with Crippen molar-refractivity contribution < 1.29 is 9.32 Å². The van der Waals surface area contributed by atoms with Gasteiger partial charge in [-0.25, -0.2) is 9.19 Å². The number of nitrogens with zero attached hydrogens (tertiary/aromatic N) is 2. The molecule has 0 aliphatic heterocycles. The van der Waals surface area contributed by atoms with E-state index >= 15 is 0 Å². The highest BCUT2D eigenvalue weighted by atomic mass is 79.9. The number of hydrogen-bond acceptors (Lipinski definition) is 6. The summed E-state index contributed by atoms with van der Waals surface area (Å²) in [5.74, 6) is 4.68. The van der Waals surface area contributed by atoms with Gasteiger partial charge in [-0.1, -0.05) is 12.8 Å². The molecule has 3 atom stereocenters. The SMILES string of the molecule is C=S(C)(=O)Nc1ccc(Nc2ncc(Br)c(NC3CCCC[C@@H]3O)n2)cc1. The van der Waals surface area contributed by atoms with Crippen molar-refractivity contribution in [2.24, 2.45) is 0 Å². The Morgan fingerprint density at radius 2 is 1.89 bits per heavy atom. The van der Waals surface area contributed by atoms with E-state index in [1.165, 1.54) is 0 Å². The maximum Gasteiger partial charge on any atom is 0.229 e. The molecule has 27 heavy (non-hydrogen) atoms. The van der Waals surface area contributed by atoms with E-state index in [0.29, 0.717) is 11.8 Å². The molecule has 1 saturated carbocycles. The zero-order valence-electron chi connectivity index (χ0n) is 15.1. The lowest BCUT2D eigenvalue weighted by Crippen LogP contribution is -2.36. The van der Waals surface area contributed by atoms with Crippen molar-refractivity contribution in [3.05, 3.63) is 34.9 Å². The molecule has 4 N–H and O–H groups in total. The van der Waals surface area contributed by atoms with Crippen LogP contribution in [-0.4, -0.2) is 43.6 Å². The molecule has 1 aromatic carbocycles. The standard InChI is InChI=1S/C18H24BrN5O2S/c1-27(2,26)24-13-9-7-12(8-10-13)21-18-20-11-14(19)17(23-18)22-15-5-3-4-6-16(15)25/h7-11,15-16,25H,1,3-6H2,2H3,(H,24,26)(H2,20,21,22,23)/t15?,16-,27?/m0/s1. The van der Waals surface area contributed by atoms with E-state index in [2.05, 4.69) is 47.1 Å². The minimum absolute atomic E-state index is 0.00490. The third kappa shape index (κ3) is 5.82. The minimum Gasteiger partial charge on any atom is -0.391 e. The number of rotatable bonds is 6. The second kappa shape index (κ2) is 8.45. The molecule has 9 heteroatoms. The summed E-state index contributed by atoms with van der Waals surface area (Å²) in [7, 11) is -2.31. The Morgan fingerprint density at radius 3 is 2.56 bits per heavy atom. The lowest BCUT2D eigenvalue weighted by atomic mass is 9.93. The van der Waals surface area contributed by atoms with Gasteiger partial charge in [-0.15, -0.1) is 0 Å². The van der Waals surface area contributed by atoms with Crippen LogP contribution in [0.2, 0.25) is 0 Å². The molecule has 1 heterocycles. The van der Waals surface area contributed by atoms with Gasteiger partial charge in [0.15, 0.2) is 0 Å². The third-order valence-electron chi connectivity index (χ3n) is 4.27. The number of benzene rings is 1. The molecule has 1 fully saturated rings. The van der Waals surface area contributed by atoms with Crippen molar-refractivity contribution in [1.29, 1.82) is 0 Å². The van der Waals surface area contributed by atoms with E-state index in [1.807, 2.05) is 24.3 Å². The molecule has 1 aromatic heterocycles. The van der Waals surface area contributed by atoms with Gasteiger partial charge < -0.3 is 20.5 Å². The normalized spacial score (nSPS) is 21.9. The zero-order chi connectivity index (χ0) is 19.4. The Kier molecular flexibility index (Phi) is 6.23. The highest BCUT2D eigenvalue weighted by Crippen LogP contribution is 2.27. The minimum atomic E-state index is -2.31. The van der Waals surface area contributed by atoms with Crippen LogP contribution in [0.4, 0.5) is 23.1 Å². The Bertz CT molecular complexity index is 889. The molecule has 0 amide bonds. The molecule has 2 aromatic rings. The van der Waals surface area contributed by atoms with Crippen molar-refractivity contribution in [2.75, 3.05) is 21.6 Å². The van der Waals surface area contributed by atoms with Crippen molar-refractivity contribution >= 4 is 54.6 Å². The number of nitrogens with one attached hydrogen (secondary N) is 3. The third-order valence-corrected chi connectivity index (χ3v) is 5.52. The van der Waals surface area contributed by atoms with Crippen molar-refractivity contribution in [3.8, 4) is 0 Å². The van der Waals surface area contributed by atoms with Crippen molar-refractivity contribution in [2.45, 2.75) is 37.8 Å². The summed E-state index contributed by atoms with van der Waals surface area (Å²) >= 11 is 3.46. The second-order valence-corrected chi connectivity index (χ2v) is 9.87. The van der Waals surface area contributed by atoms with Crippen LogP contribution in [0.5, 0.6) is 0 Å². The molecule has 146 valence electrons. The van der Waals surface area contributed by atoms with Crippen LogP contribution >= 0.6 is 15.9 Å². The summed E-state index contributed by atoms with van der Waals surface area (Å²) in [4.78, 5) is 8.80. The Balaban J connectivity index is 1.70. The Hall–Kier alpha value is -1.84. The van der Waals surface area contributed by atoms with Crippen molar-refractivity contribution in [3.63, 3.8) is 0 Å². The lowest BCUT2D eigenvalue weighted by molar-refractivity contribution is 0.116. The van der Waals surface area contributed by atoms with Gasteiger partial charge in [0.2, 0.25) is 5.95 Å². The molecule has 2 unspecified atom stereocenters. The zero-order valence-corrected chi connectivity index (χ0v) is 17.5. The molecule has 0 radical (unpaired) electrons. The quantitative estimate of drug-likeness (QED) is 0.500. The molecular weight excluding hydrogens is 430 g/mol. The van der Waals surface area contributed by atoms with Crippen LogP contribution in [-0.2, 0) is 9.71 Å². The van der Waals surface area contributed by atoms with Gasteiger partial charge >= 0.3 is 0 Å². The van der Waals surface area contributed by atoms with Crippen LogP contribution in [0.3, 0.4) is 0 Å². The summed E-state index contributed by atoms with van der Waals surface area (Å²) in [6.07, 6.45) is 6.75. The number of halogens is 1. The van der Waals surface area contributed by atoms with Crippen molar-refractivity contribution in [1.82, 2.24) is 9.97 Å². The maximum absolute atomic E-state index is 11.7. The largest absolute Gasteiger partial charge is 0.391 e. The van der Waals surface area contributed by atoms with E-state index in [9.17, 15) is 9.32 Å². The highest BCUT2D eigenvalue weighted by Gasteiger charge is 2.24. The molecule has 1 aliphatic rings. The first kappa shape index (κ1) is 19.9. The van der Waals surface area contributed by atoms with Gasteiger partial charge in [0, 0.05) is 33.5 Å². The van der Waals surface area contributed by atoms with E-state index in [-0.39, 0.29) is 12.1 Å². The summed E-state index contributed by atoms with van der Waals surface area (Å²) in [6.45, 7) is 0. The highest BCUT2D eigenvalue weighted by molar-refractivity contribution is 9.10. The first-order chi connectivity index (χ1) is 12.8. The molecule has 0 bridgehead atoms. The van der Waals surface area contributed by atoms with Gasteiger partial charge in [-0.3, -0.25) is 0 Å². The summed E-state index contributed by atoms with van der Waals surface area (Å²) in [6, 6.07) is 7.31. The average molecular weight is 454 g/mol. The van der Waals surface area contributed by atoms with Gasteiger partial charge in [-0.2, -0.15) is 4.98 Å². The molecule has 1 aliphatic carbocycles. The molecule has 0 saturated heterocycles. The van der Waals surface area contributed by atoms with Gasteiger partial charge in [0.1, 0.15) is 5.82 Å². The van der Waals surface area contributed by atoms with Gasteiger partial charge in [0.05, 0.1) is 16.6 Å². The molecule has 3 rings (SSSR count). The predicted molar refractivity (Wildman–Crippen MR) is 116 cm³/mol. The van der Waals surface area contributed by atoms with Crippen LogP contribution in [0, 0.1) is 0 Å². The van der Waals surface area contributed by atoms with Crippen LogP contribution in [0.1, 0.15) is 25.7 Å². The number of aromatic nitrogens is 2. The monoisotopic (exact) mass is 453 g/mol. The maximum atomic E-state index is 11.7. The van der Waals surface area contributed by atoms with Gasteiger partial charge in [0.25, 0.3) is 0 Å². The topological polar surface area (TPSA) is 99.2 Å². The number of aliphatic hydroxyl groups excluding tert-OH is 1. The smallest absolute Gasteiger partial charge is 0.229 e. The first-order valence-electron chi connectivity index (χ1n) is 8.74. The van der Waals surface area contributed by atoms with E-state index in [1.54, 1.807) is 12.5 Å². The van der Waals surface area contributed by atoms with Crippen LogP contribution in [0.15, 0.2) is 34.9 Å². The predicted octanol–water partition coefficient (Wildman–Crippen LogP) is 3.37. The summed E-state index contributed by atoms with van der Waals surface area (Å²) in [5.41, 5.74) is 1.53. The second-order valence-electron chi connectivity index (χ2n) is 6.80. The molecule has 7 nitrogen and oxygen atoms in total. The fraction of sp³-hybridized carbons (Fsp3) is 0.389. The van der Waals surface area contributed by atoms with Crippen LogP contribution < -0.4 is 15.4 Å². The van der Waals surface area contributed by atoms with E-state index in [4.69, 9.17) is 0 Å². The fourth-order valence-corrected chi connectivity index (χ4v) is 3.92. The first-order valence-corrected chi connectivity index (χ1v) is 11.7. The Morgan fingerprint density at radius 1 is 1.22 bits per heavy atom. The summed E-state index contributed by atoms with van der Waals surface area (Å²) in [5, 5.41) is 16.6. The number of anilines is 4. The summed E-state index contributed by atoms with van der Waals surface area (Å²) < 4.78 is 15.3.